The minimum absolute atomic E-state index is 0.0928. The number of hydrogen-bond donors (Lipinski definition) is 2. The average molecular weight is 284 g/mol. The Bertz CT molecular complexity index is 552. The summed E-state index contributed by atoms with van der Waals surface area (Å²) in [7, 11) is -3.42. The summed E-state index contributed by atoms with van der Waals surface area (Å²) in [5.41, 5.74) is 6.13. The maximum atomic E-state index is 12.1. The van der Waals surface area contributed by atoms with E-state index in [1.165, 1.54) is 12.1 Å². The van der Waals surface area contributed by atoms with Crippen LogP contribution in [0.5, 0.6) is 0 Å². The quantitative estimate of drug-likeness (QED) is 0.802. The lowest BCUT2D eigenvalue weighted by Gasteiger charge is -2.06. The van der Waals surface area contributed by atoms with Crippen LogP contribution in [-0.4, -0.2) is 19.4 Å². The average Bonchev–Trinajstić information content (AvgIpc) is 3.06. The second-order valence-electron chi connectivity index (χ2n) is 4.52. The second-order valence-corrected chi connectivity index (χ2v) is 6.67. The molecule has 98 valence electrons. The van der Waals surface area contributed by atoms with E-state index in [-0.39, 0.29) is 15.9 Å². The molecular weight excluding hydrogens is 268 g/mol. The number of sulfonamides is 1. The summed E-state index contributed by atoms with van der Waals surface area (Å²) in [6.07, 6.45) is 1.94. The summed E-state index contributed by atoms with van der Waals surface area (Å²) < 4.78 is 26.8. The van der Waals surface area contributed by atoms with E-state index in [1.54, 1.807) is 12.1 Å². The lowest BCUT2D eigenvalue weighted by atomic mass is 10.2. The van der Waals surface area contributed by atoms with Gasteiger partial charge in [-0.25, -0.2) is 13.1 Å². The zero-order valence-electron chi connectivity index (χ0n) is 10.1. The first-order valence-electron chi connectivity index (χ1n) is 5.86. The number of nitrogens with two attached hydrogens (primary N) is 1. The topological polar surface area (TPSA) is 72.2 Å². The minimum atomic E-state index is -3.42. The molecule has 0 aromatic heterocycles. The smallest absolute Gasteiger partial charge is 0.240 e. The van der Waals surface area contributed by atoms with Crippen molar-refractivity contribution in [3.8, 4) is 0 Å². The van der Waals surface area contributed by atoms with Crippen LogP contribution in [0.3, 0.4) is 0 Å². The summed E-state index contributed by atoms with van der Waals surface area (Å²) in [5, 5.41) is 0. The Hall–Kier alpha value is -0.980. The SMILES string of the molecule is CCC1CC1NS(=O)(=O)c1ccc(C(N)=S)cc1. The van der Waals surface area contributed by atoms with E-state index in [9.17, 15) is 8.42 Å². The molecule has 2 atom stereocenters. The molecule has 1 aromatic carbocycles. The largest absolute Gasteiger partial charge is 0.389 e. The summed E-state index contributed by atoms with van der Waals surface area (Å²) in [6.45, 7) is 2.07. The Labute approximate surface area is 113 Å². The summed E-state index contributed by atoms with van der Waals surface area (Å²) in [5.74, 6) is 0.482. The van der Waals surface area contributed by atoms with Crippen molar-refractivity contribution < 1.29 is 8.42 Å². The van der Waals surface area contributed by atoms with Gasteiger partial charge in [-0.3, -0.25) is 0 Å². The van der Waals surface area contributed by atoms with Crippen molar-refractivity contribution in [2.75, 3.05) is 0 Å². The first-order valence-corrected chi connectivity index (χ1v) is 7.75. The van der Waals surface area contributed by atoms with Crippen molar-refractivity contribution in [3.05, 3.63) is 29.8 Å². The highest BCUT2D eigenvalue weighted by molar-refractivity contribution is 7.89. The van der Waals surface area contributed by atoms with Gasteiger partial charge in [0.15, 0.2) is 0 Å². The molecule has 1 aliphatic carbocycles. The van der Waals surface area contributed by atoms with Gasteiger partial charge in [-0.05, 0) is 24.5 Å². The predicted molar refractivity (Wildman–Crippen MR) is 74.8 cm³/mol. The van der Waals surface area contributed by atoms with Crippen molar-refractivity contribution >= 4 is 27.2 Å². The van der Waals surface area contributed by atoms with Gasteiger partial charge in [0.2, 0.25) is 10.0 Å². The molecular formula is C12H16N2O2S2. The fourth-order valence-corrected chi connectivity index (χ4v) is 3.36. The van der Waals surface area contributed by atoms with Crippen LogP contribution < -0.4 is 10.5 Å². The van der Waals surface area contributed by atoms with Crippen LogP contribution in [0.25, 0.3) is 0 Å². The molecule has 4 nitrogen and oxygen atoms in total. The van der Waals surface area contributed by atoms with Gasteiger partial charge in [-0.15, -0.1) is 0 Å². The van der Waals surface area contributed by atoms with Crippen molar-refractivity contribution in [3.63, 3.8) is 0 Å². The van der Waals surface area contributed by atoms with Crippen LogP contribution in [0.4, 0.5) is 0 Å². The fourth-order valence-electron chi connectivity index (χ4n) is 1.91. The van der Waals surface area contributed by atoms with Gasteiger partial charge in [0.05, 0.1) is 4.90 Å². The summed E-state index contributed by atoms with van der Waals surface area (Å²) in [6, 6.07) is 6.40. The zero-order chi connectivity index (χ0) is 13.3. The van der Waals surface area contributed by atoms with Crippen molar-refractivity contribution in [1.82, 2.24) is 4.72 Å². The molecule has 2 rings (SSSR count). The Morgan fingerprint density at radius 3 is 2.50 bits per heavy atom. The number of thiocarbonyl (C=S) groups is 1. The third-order valence-corrected chi connectivity index (χ3v) is 4.94. The van der Waals surface area contributed by atoms with Gasteiger partial charge >= 0.3 is 0 Å². The van der Waals surface area contributed by atoms with Crippen LogP contribution in [0, 0.1) is 5.92 Å². The van der Waals surface area contributed by atoms with Gasteiger partial charge in [0, 0.05) is 11.6 Å². The molecule has 0 aliphatic heterocycles. The number of nitrogens with one attached hydrogen (secondary N) is 1. The molecule has 0 amide bonds. The molecule has 6 heteroatoms. The monoisotopic (exact) mass is 284 g/mol. The molecule has 0 spiro atoms. The first kappa shape index (κ1) is 13.5. The van der Waals surface area contributed by atoms with Gasteiger partial charge in [-0.2, -0.15) is 0 Å². The van der Waals surface area contributed by atoms with Gasteiger partial charge in [-0.1, -0.05) is 37.7 Å². The standard InChI is InChI=1S/C12H16N2O2S2/c1-2-8-7-11(8)14-18(15,16)10-5-3-9(4-6-10)12(13)17/h3-6,8,11,14H,2,7H2,1H3,(H2,13,17). The minimum Gasteiger partial charge on any atom is -0.389 e. The van der Waals surface area contributed by atoms with Crippen LogP contribution in [-0.2, 0) is 10.0 Å². The van der Waals surface area contributed by atoms with Gasteiger partial charge in [0.25, 0.3) is 0 Å². The lowest BCUT2D eigenvalue weighted by molar-refractivity contribution is 0.576. The van der Waals surface area contributed by atoms with Gasteiger partial charge < -0.3 is 5.73 Å². The van der Waals surface area contributed by atoms with E-state index in [2.05, 4.69) is 11.6 Å². The van der Waals surface area contributed by atoms with E-state index in [4.69, 9.17) is 18.0 Å². The molecule has 0 radical (unpaired) electrons. The molecule has 0 bridgehead atoms. The highest BCUT2D eigenvalue weighted by Gasteiger charge is 2.38. The van der Waals surface area contributed by atoms with Crippen LogP contribution in [0.2, 0.25) is 0 Å². The zero-order valence-corrected chi connectivity index (χ0v) is 11.7. The Balaban J connectivity index is 2.12. The molecule has 1 fully saturated rings. The summed E-state index contributed by atoms with van der Waals surface area (Å²) in [4.78, 5) is 0.518. The third kappa shape index (κ3) is 2.88. The summed E-state index contributed by atoms with van der Waals surface area (Å²) >= 11 is 4.82. The van der Waals surface area contributed by atoms with Crippen molar-refractivity contribution in [1.29, 1.82) is 0 Å². The highest BCUT2D eigenvalue weighted by atomic mass is 32.2. The normalized spacial score (nSPS) is 22.7. The first-order chi connectivity index (χ1) is 8.44. The van der Waals surface area contributed by atoms with E-state index in [0.29, 0.717) is 11.5 Å². The molecule has 3 N–H and O–H groups in total. The molecule has 0 heterocycles. The number of hydrogen-bond acceptors (Lipinski definition) is 3. The highest BCUT2D eigenvalue weighted by Crippen LogP contribution is 2.34. The number of rotatable bonds is 5. The molecule has 2 unspecified atom stereocenters. The lowest BCUT2D eigenvalue weighted by Crippen LogP contribution is -2.27. The van der Waals surface area contributed by atoms with Crippen molar-refractivity contribution in [2.24, 2.45) is 11.7 Å². The van der Waals surface area contributed by atoms with E-state index in [1.807, 2.05) is 0 Å². The second kappa shape index (κ2) is 4.95. The fraction of sp³-hybridized carbons (Fsp3) is 0.417. The third-order valence-electron chi connectivity index (χ3n) is 3.20. The molecule has 1 saturated carbocycles. The molecule has 1 aliphatic rings. The Kier molecular flexibility index (Phi) is 3.70. The van der Waals surface area contributed by atoms with E-state index in [0.717, 1.165) is 12.8 Å². The Morgan fingerprint density at radius 2 is 2.06 bits per heavy atom. The van der Waals surface area contributed by atoms with Gasteiger partial charge in [0.1, 0.15) is 4.99 Å². The van der Waals surface area contributed by atoms with E-state index >= 15 is 0 Å². The molecule has 0 saturated heterocycles. The maximum absolute atomic E-state index is 12.1. The van der Waals surface area contributed by atoms with Crippen LogP contribution >= 0.6 is 12.2 Å². The number of benzene rings is 1. The van der Waals surface area contributed by atoms with Crippen LogP contribution in [0.15, 0.2) is 29.2 Å². The predicted octanol–water partition coefficient (Wildman–Crippen LogP) is 1.40. The Morgan fingerprint density at radius 1 is 1.44 bits per heavy atom. The maximum Gasteiger partial charge on any atom is 0.240 e. The molecule has 18 heavy (non-hydrogen) atoms. The van der Waals surface area contributed by atoms with E-state index < -0.39 is 10.0 Å². The van der Waals surface area contributed by atoms with Crippen LogP contribution in [0.1, 0.15) is 25.3 Å². The van der Waals surface area contributed by atoms with Crippen molar-refractivity contribution in [2.45, 2.75) is 30.7 Å². The molecule has 1 aromatic rings.